The molecule has 2 aromatic carbocycles. The number of carbonyl (C=O) groups is 2. The molecule has 4 heterocycles. The number of aromatic nitrogens is 2. The molecule has 2 unspecified atom stereocenters. The summed E-state index contributed by atoms with van der Waals surface area (Å²) in [7, 11) is 0. The highest BCUT2D eigenvalue weighted by molar-refractivity contribution is 6.07. The van der Waals surface area contributed by atoms with Crippen molar-refractivity contribution in [1.82, 2.24) is 30.8 Å². The van der Waals surface area contributed by atoms with E-state index in [1.54, 1.807) is 24.3 Å². The fraction of sp³-hybridized carbons (Fsp3) is 0.280. The summed E-state index contributed by atoms with van der Waals surface area (Å²) in [6, 6.07) is 10.1. The van der Waals surface area contributed by atoms with Crippen molar-refractivity contribution in [2.45, 2.75) is 29.6 Å². The number of aliphatic imine (C=N–C) groups is 2. The van der Waals surface area contributed by atoms with E-state index in [1.165, 1.54) is 4.90 Å². The zero-order chi connectivity index (χ0) is 29.1. The Kier molecular flexibility index (Phi) is 5.82. The summed E-state index contributed by atoms with van der Waals surface area (Å²) in [4.78, 5) is 63.5. The summed E-state index contributed by atoms with van der Waals surface area (Å²) in [5, 5.41) is 32.9. The number of nitrogens with one attached hydrogen (secondary N) is 5. The molecule has 16 heteroatoms. The summed E-state index contributed by atoms with van der Waals surface area (Å²) in [6.07, 6.45) is 0. The van der Waals surface area contributed by atoms with Gasteiger partial charge in [0.2, 0.25) is 5.79 Å². The van der Waals surface area contributed by atoms with Crippen LogP contribution in [0.1, 0.15) is 20.8 Å². The van der Waals surface area contributed by atoms with Gasteiger partial charge in [-0.25, -0.2) is 14.8 Å². The van der Waals surface area contributed by atoms with Crippen molar-refractivity contribution in [2.75, 3.05) is 13.1 Å². The summed E-state index contributed by atoms with van der Waals surface area (Å²) in [5.74, 6) is -4.24. The SMILES string of the molecule is NC1=NC2[C@H](CNC(=O)c3cc(=O)[nH]c(=O)[nH]3)N=C(N)N3CC(NC(=O)c4cccc5ccccc45)C(O)(O)[C@]23N1. The van der Waals surface area contributed by atoms with Gasteiger partial charge in [-0.05, 0) is 16.8 Å². The molecule has 4 atom stereocenters. The zero-order valence-electron chi connectivity index (χ0n) is 21.3. The topological polar surface area (TPSA) is 256 Å². The first kappa shape index (κ1) is 26.0. The Morgan fingerprint density at radius 1 is 1.05 bits per heavy atom. The van der Waals surface area contributed by atoms with Crippen molar-refractivity contribution in [1.29, 1.82) is 0 Å². The smallest absolute Gasteiger partial charge is 0.326 e. The Hall–Kier alpha value is -5.22. The summed E-state index contributed by atoms with van der Waals surface area (Å²) in [6.45, 7) is -0.381. The molecule has 3 aliphatic heterocycles. The molecule has 3 aromatic rings. The van der Waals surface area contributed by atoms with Gasteiger partial charge in [-0.15, -0.1) is 0 Å². The highest BCUT2D eigenvalue weighted by Crippen LogP contribution is 2.44. The van der Waals surface area contributed by atoms with Crippen LogP contribution in [0.25, 0.3) is 10.8 Å². The number of benzene rings is 2. The van der Waals surface area contributed by atoms with E-state index in [1.807, 2.05) is 23.2 Å². The monoisotopic (exact) mass is 562 g/mol. The maximum absolute atomic E-state index is 13.4. The molecule has 2 amide bonds. The fourth-order valence-electron chi connectivity index (χ4n) is 5.79. The van der Waals surface area contributed by atoms with Crippen molar-refractivity contribution >= 4 is 34.5 Å². The first-order chi connectivity index (χ1) is 19.5. The Bertz CT molecular complexity index is 1730. The molecule has 1 fully saturated rings. The van der Waals surface area contributed by atoms with E-state index in [0.29, 0.717) is 10.9 Å². The van der Waals surface area contributed by atoms with E-state index in [4.69, 9.17) is 11.5 Å². The van der Waals surface area contributed by atoms with Crippen LogP contribution in [0.3, 0.4) is 0 Å². The lowest BCUT2D eigenvalue weighted by Gasteiger charge is -2.49. The van der Waals surface area contributed by atoms with Crippen molar-refractivity contribution in [3.8, 4) is 0 Å². The minimum absolute atomic E-state index is 0.114. The van der Waals surface area contributed by atoms with Gasteiger partial charge in [0, 0.05) is 24.7 Å². The first-order valence-corrected chi connectivity index (χ1v) is 12.6. The largest absolute Gasteiger partial charge is 0.370 e. The maximum atomic E-state index is 13.4. The third-order valence-corrected chi connectivity index (χ3v) is 7.62. The Balaban J connectivity index is 1.28. The highest BCUT2D eigenvalue weighted by Gasteiger charge is 2.73. The summed E-state index contributed by atoms with van der Waals surface area (Å²) < 4.78 is 0. The molecule has 0 aliphatic carbocycles. The van der Waals surface area contributed by atoms with Gasteiger partial charge in [-0.1, -0.05) is 36.4 Å². The third-order valence-electron chi connectivity index (χ3n) is 7.62. The number of amides is 2. The third kappa shape index (κ3) is 3.99. The van der Waals surface area contributed by atoms with Crippen LogP contribution in [0.15, 0.2) is 68.1 Å². The van der Waals surface area contributed by atoms with Gasteiger partial charge in [0.05, 0.1) is 6.04 Å². The Labute approximate surface area is 230 Å². The van der Waals surface area contributed by atoms with Crippen LogP contribution >= 0.6 is 0 Å². The molecule has 0 bridgehead atoms. The number of carbonyl (C=O) groups excluding carboxylic acids is 2. The minimum Gasteiger partial charge on any atom is -0.370 e. The van der Waals surface area contributed by atoms with Crippen molar-refractivity contribution in [2.24, 2.45) is 21.5 Å². The first-order valence-electron chi connectivity index (χ1n) is 12.6. The summed E-state index contributed by atoms with van der Waals surface area (Å²) >= 11 is 0. The molecule has 1 saturated heterocycles. The second-order valence-corrected chi connectivity index (χ2v) is 10.0. The lowest BCUT2D eigenvalue weighted by Crippen LogP contribution is -2.78. The van der Waals surface area contributed by atoms with Gasteiger partial charge < -0.3 is 47.5 Å². The van der Waals surface area contributed by atoms with Crippen LogP contribution in [0.2, 0.25) is 0 Å². The Morgan fingerprint density at radius 2 is 1.80 bits per heavy atom. The standard InChI is InChI=1S/C25H26N10O6/c26-21-33-18-15(9-28-20(38)14-8-17(36)32-23(39)30-14)29-22(27)35-10-16(25(40,41)24(18,35)34-21)31-19(37)13-7-3-5-11-4-1-2-6-12(11)13/h1-8,15-16,18,40-41H,9-10H2,(H2,27,29)(H,28,38)(H,31,37)(H3,26,33,34)(H2,30,32,36,39)/t15-,16?,18?,24-/m0/s1. The molecule has 212 valence electrons. The van der Waals surface area contributed by atoms with Gasteiger partial charge in [0.25, 0.3) is 17.4 Å². The van der Waals surface area contributed by atoms with Gasteiger partial charge in [0.1, 0.15) is 17.8 Å². The number of fused-ring (bicyclic) bond motifs is 1. The van der Waals surface area contributed by atoms with Crippen LogP contribution in [-0.2, 0) is 0 Å². The van der Waals surface area contributed by atoms with Crippen LogP contribution in [-0.4, -0.2) is 91.5 Å². The van der Waals surface area contributed by atoms with E-state index in [9.17, 15) is 29.4 Å². The number of aromatic amines is 2. The van der Waals surface area contributed by atoms with E-state index in [0.717, 1.165) is 11.5 Å². The number of hydrogen-bond acceptors (Lipinski definition) is 12. The van der Waals surface area contributed by atoms with E-state index < -0.39 is 52.6 Å². The van der Waals surface area contributed by atoms with E-state index in [-0.39, 0.29) is 30.7 Å². The predicted octanol–water partition coefficient (Wildman–Crippen LogP) is -3.58. The molecule has 0 saturated carbocycles. The molecular formula is C25H26N10O6. The van der Waals surface area contributed by atoms with Crippen molar-refractivity contribution in [3.05, 3.63) is 80.6 Å². The average molecular weight is 563 g/mol. The fourth-order valence-corrected chi connectivity index (χ4v) is 5.79. The number of guanidine groups is 2. The molecule has 0 radical (unpaired) electrons. The lowest BCUT2D eigenvalue weighted by molar-refractivity contribution is -0.230. The second kappa shape index (κ2) is 9.17. The van der Waals surface area contributed by atoms with Gasteiger partial charge >= 0.3 is 5.69 Å². The number of nitrogens with two attached hydrogens (primary N) is 2. The van der Waals surface area contributed by atoms with E-state index >= 15 is 0 Å². The lowest BCUT2D eigenvalue weighted by atomic mass is 9.85. The molecule has 41 heavy (non-hydrogen) atoms. The van der Waals surface area contributed by atoms with Gasteiger partial charge in [-0.2, -0.15) is 0 Å². The molecular weight excluding hydrogens is 536 g/mol. The quantitative estimate of drug-likeness (QED) is 0.138. The predicted molar refractivity (Wildman–Crippen MR) is 146 cm³/mol. The molecule has 3 aliphatic rings. The second-order valence-electron chi connectivity index (χ2n) is 10.0. The highest BCUT2D eigenvalue weighted by atomic mass is 16.5. The molecule has 11 N–H and O–H groups in total. The van der Waals surface area contributed by atoms with Gasteiger partial charge in [0.15, 0.2) is 17.6 Å². The molecule has 1 aromatic heterocycles. The number of rotatable bonds is 5. The maximum Gasteiger partial charge on any atom is 0.326 e. The molecule has 16 nitrogen and oxygen atoms in total. The average Bonchev–Trinajstić information content (AvgIpc) is 3.40. The zero-order valence-corrected chi connectivity index (χ0v) is 21.3. The minimum atomic E-state index is -2.68. The number of aliphatic hydroxyl groups is 2. The van der Waals surface area contributed by atoms with Crippen LogP contribution in [0.5, 0.6) is 0 Å². The number of nitrogens with zero attached hydrogens (tertiary/aromatic N) is 3. The number of hydrogen-bond donors (Lipinski definition) is 9. The van der Waals surface area contributed by atoms with E-state index in [2.05, 4.69) is 30.9 Å². The van der Waals surface area contributed by atoms with Crippen molar-refractivity contribution < 1.29 is 19.8 Å². The van der Waals surface area contributed by atoms with Crippen LogP contribution < -0.4 is 38.7 Å². The van der Waals surface area contributed by atoms with Crippen LogP contribution in [0.4, 0.5) is 0 Å². The number of H-pyrrole nitrogens is 2. The van der Waals surface area contributed by atoms with Gasteiger partial charge in [-0.3, -0.25) is 19.4 Å². The summed E-state index contributed by atoms with van der Waals surface area (Å²) in [5.41, 5.74) is 8.86. The molecule has 6 rings (SSSR count). The Morgan fingerprint density at radius 3 is 2.59 bits per heavy atom. The normalized spacial score (nSPS) is 25.9. The van der Waals surface area contributed by atoms with Crippen LogP contribution in [0, 0.1) is 0 Å². The molecule has 1 spiro atoms. The van der Waals surface area contributed by atoms with Crippen molar-refractivity contribution in [3.63, 3.8) is 0 Å².